The van der Waals surface area contributed by atoms with Crippen LogP contribution in [0, 0.1) is 0 Å². The first kappa shape index (κ1) is 12.2. The molecular formula is C7H3BrClF3OS. The Morgan fingerprint density at radius 1 is 1.43 bits per heavy atom. The molecule has 0 aliphatic rings. The summed E-state index contributed by atoms with van der Waals surface area (Å²) in [6, 6.07) is 3.73. The van der Waals surface area contributed by atoms with Crippen LogP contribution in [0.2, 0.25) is 0 Å². The second-order valence-corrected chi connectivity index (χ2v) is 4.28. The third-order valence-electron chi connectivity index (χ3n) is 1.44. The molecule has 0 spiro atoms. The van der Waals surface area contributed by atoms with E-state index in [1.54, 1.807) is 0 Å². The van der Waals surface area contributed by atoms with Crippen LogP contribution < -0.4 is 0 Å². The monoisotopic (exact) mass is 306 g/mol. The van der Waals surface area contributed by atoms with Gasteiger partial charge in [0.15, 0.2) is 0 Å². The zero-order valence-electron chi connectivity index (χ0n) is 6.44. The quantitative estimate of drug-likeness (QED) is 0.804. The fourth-order valence-corrected chi connectivity index (χ4v) is 2.18. The Morgan fingerprint density at radius 2 is 2.07 bits per heavy atom. The molecule has 0 fully saturated rings. The SMILES string of the molecule is FOC(F)(F)c1ccc(Br)cc1SCl. The molecule has 0 heterocycles. The van der Waals surface area contributed by atoms with Gasteiger partial charge in [-0.05, 0) is 44.4 Å². The molecule has 0 aromatic heterocycles. The van der Waals surface area contributed by atoms with Crippen LogP contribution in [0.25, 0.3) is 0 Å². The van der Waals surface area contributed by atoms with Crippen LogP contribution in [0.5, 0.6) is 0 Å². The Kier molecular flexibility index (Phi) is 4.12. The average Bonchev–Trinajstić information content (AvgIpc) is 2.17. The standard InChI is InChI=1S/C7H3BrClF3OS/c8-4-1-2-5(6(3-4)14-9)7(10,11)13-12/h1-3H. The van der Waals surface area contributed by atoms with Gasteiger partial charge in [-0.15, -0.1) is 4.94 Å². The largest absolute Gasteiger partial charge is 0.414 e. The Balaban J connectivity index is 3.20. The number of halogens is 5. The minimum Gasteiger partial charge on any atom is -0.168 e. The van der Waals surface area contributed by atoms with E-state index in [0.29, 0.717) is 15.4 Å². The average molecular weight is 308 g/mol. The first-order valence-corrected chi connectivity index (χ1v) is 5.71. The molecule has 0 unspecified atom stereocenters. The van der Waals surface area contributed by atoms with E-state index >= 15 is 0 Å². The molecule has 78 valence electrons. The van der Waals surface area contributed by atoms with Gasteiger partial charge in [0.25, 0.3) is 0 Å². The summed E-state index contributed by atoms with van der Waals surface area (Å²) in [5, 5.41) is 0. The molecule has 1 nitrogen and oxygen atoms in total. The zero-order chi connectivity index (χ0) is 10.8. The molecule has 0 aliphatic heterocycles. The van der Waals surface area contributed by atoms with Gasteiger partial charge in [0.2, 0.25) is 0 Å². The fraction of sp³-hybridized carbons (Fsp3) is 0.143. The number of hydrogen-bond acceptors (Lipinski definition) is 2. The molecule has 0 saturated heterocycles. The van der Waals surface area contributed by atoms with E-state index in [0.717, 1.165) is 6.07 Å². The van der Waals surface area contributed by atoms with E-state index in [-0.39, 0.29) is 4.90 Å². The topological polar surface area (TPSA) is 9.23 Å². The summed E-state index contributed by atoms with van der Waals surface area (Å²) in [4.78, 5) is 2.62. The van der Waals surface area contributed by atoms with E-state index in [2.05, 4.69) is 20.9 Å². The highest BCUT2D eigenvalue weighted by Gasteiger charge is 2.37. The first-order valence-electron chi connectivity index (χ1n) is 3.27. The molecule has 0 N–H and O–H groups in total. The number of hydrogen-bond donors (Lipinski definition) is 0. The lowest BCUT2D eigenvalue weighted by Crippen LogP contribution is -2.14. The Labute approximate surface area is 95.1 Å². The van der Waals surface area contributed by atoms with E-state index in [4.69, 9.17) is 10.7 Å². The van der Waals surface area contributed by atoms with Gasteiger partial charge in [-0.1, -0.05) is 15.9 Å². The molecule has 1 aromatic rings. The van der Waals surface area contributed by atoms with Crippen molar-refractivity contribution in [1.82, 2.24) is 0 Å². The first-order chi connectivity index (χ1) is 6.51. The molecule has 7 heteroatoms. The Hall–Kier alpha value is 0.0900. The van der Waals surface area contributed by atoms with Crippen molar-refractivity contribution in [2.24, 2.45) is 0 Å². The number of alkyl halides is 2. The van der Waals surface area contributed by atoms with Crippen LogP contribution in [0.4, 0.5) is 13.3 Å². The molecule has 0 bridgehead atoms. The highest BCUT2D eigenvalue weighted by molar-refractivity contribution is 9.10. The van der Waals surface area contributed by atoms with Crippen LogP contribution in [0.15, 0.2) is 27.6 Å². The zero-order valence-corrected chi connectivity index (χ0v) is 9.60. The summed E-state index contributed by atoms with van der Waals surface area (Å²) in [7, 11) is 5.92. The van der Waals surface area contributed by atoms with Crippen LogP contribution in [0.1, 0.15) is 5.56 Å². The maximum atomic E-state index is 12.8. The Morgan fingerprint density at radius 3 is 2.57 bits per heavy atom. The molecule has 0 atom stereocenters. The van der Waals surface area contributed by atoms with E-state index in [1.165, 1.54) is 12.1 Å². The van der Waals surface area contributed by atoms with Gasteiger partial charge in [-0.3, -0.25) is 0 Å². The fourth-order valence-electron chi connectivity index (χ4n) is 0.842. The van der Waals surface area contributed by atoms with Gasteiger partial charge < -0.3 is 0 Å². The predicted octanol–water partition coefficient (Wildman–Crippen LogP) is 4.65. The minimum absolute atomic E-state index is 0.0312. The molecule has 0 saturated carbocycles. The van der Waals surface area contributed by atoms with Gasteiger partial charge in [0, 0.05) is 9.37 Å². The summed E-state index contributed by atoms with van der Waals surface area (Å²) in [5.74, 6) is 0. The van der Waals surface area contributed by atoms with Crippen LogP contribution in [0.3, 0.4) is 0 Å². The highest BCUT2D eigenvalue weighted by Crippen LogP contribution is 2.39. The van der Waals surface area contributed by atoms with E-state index < -0.39 is 11.7 Å². The van der Waals surface area contributed by atoms with Crippen molar-refractivity contribution in [2.45, 2.75) is 11.0 Å². The van der Waals surface area contributed by atoms with Crippen LogP contribution in [-0.4, -0.2) is 0 Å². The minimum atomic E-state index is -3.97. The second-order valence-electron chi connectivity index (χ2n) is 2.31. The van der Waals surface area contributed by atoms with E-state index in [9.17, 15) is 13.3 Å². The summed E-state index contributed by atoms with van der Waals surface area (Å²) in [6.07, 6.45) is -3.97. The molecule has 0 amide bonds. The number of rotatable bonds is 3. The highest BCUT2D eigenvalue weighted by atomic mass is 79.9. The molecule has 0 aliphatic carbocycles. The molecular weight excluding hydrogens is 304 g/mol. The summed E-state index contributed by atoms with van der Waals surface area (Å²) >= 11 is 3.07. The lowest BCUT2D eigenvalue weighted by Gasteiger charge is -2.13. The van der Waals surface area contributed by atoms with Crippen molar-refractivity contribution in [2.75, 3.05) is 0 Å². The van der Waals surface area contributed by atoms with Crippen molar-refractivity contribution in [3.8, 4) is 0 Å². The van der Waals surface area contributed by atoms with Gasteiger partial charge in [-0.25, -0.2) is 0 Å². The lowest BCUT2D eigenvalue weighted by molar-refractivity contribution is -0.365. The summed E-state index contributed by atoms with van der Waals surface area (Å²) in [6.45, 7) is 0. The maximum Gasteiger partial charge on any atom is 0.414 e. The summed E-state index contributed by atoms with van der Waals surface area (Å²) < 4.78 is 37.7. The van der Waals surface area contributed by atoms with Gasteiger partial charge in [0.05, 0.1) is 5.56 Å². The number of benzene rings is 1. The van der Waals surface area contributed by atoms with Crippen molar-refractivity contribution in [3.63, 3.8) is 0 Å². The molecule has 1 rings (SSSR count). The van der Waals surface area contributed by atoms with Crippen molar-refractivity contribution in [1.29, 1.82) is 0 Å². The third kappa shape index (κ3) is 2.56. The lowest BCUT2D eigenvalue weighted by atomic mass is 10.2. The van der Waals surface area contributed by atoms with Gasteiger partial charge in [0.1, 0.15) is 0 Å². The van der Waals surface area contributed by atoms with Crippen LogP contribution >= 0.6 is 37.6 Å². The normalized spacial score (nSPS) is 11.8. The predicted molar refractivity (Wildman–Crippen MR) is 51.9 cm³/mol. The maximum absolute atomic E-state index is 12.8. The van der Waals surface area contributed by atoms with Crippen molar-refractivity contribution >= 4 is 37.6 Å². The third-order valence-corrected chi connectivity index (χ3v) is 2.93. The van der Waals surface area contributed by atoms with Crippen molar-refractivity contribution in [3.05, 3.63) is 28.2 Å². The van der Waals surface area contributed by atoms with Crippen LogP contribution in [-0.2, 0) is 11.1 Å². The summed E-state index contributed by atoms with van der Waals surface area (Å²) in [5.41, 5.74) is -0.608. The molecule has 14 heavy (non-hydrogen) atoms. The molecule has 1 aromatic carbocycles. The van der Waals surface area contributed by atoms with E-state index in [1.807, 2.05) is 0 Å². The molecule has 0 radical (unpaired) electrons. The second kappa shape index (κ2) is 4.74. The smallest absolute Gasteiger partial charge is 0.168 e. The van der Waals surface area contributed by atoms with Gasteiger partial charge >= 0.3 is 6.11 Å². The van der Waals surface area contributed by atoms with Gasteiger partial charge in [-0.2, -0.15) is 8.78 Å². The Bertz CT molecular complexity index is 337. The van der Waals surface area contributed by atoms with Crippen molar-refractivity contribution < 1.29 is 18.2 Å².